The summed E-state index contributed by atoms with van der Waals surface area (Å²) in [6.07, 6.45) is 3.21. The highest BCUT2D eigenvalue weighted by atomic mass is 32.1. The Morgan fingerprint density at radius 2 is 1.88 bits per heavy atom. The van der Waals surface area contributed by atoms with Crippen LogP contribution in [0.25, 0.3) is 15.9 Å². The van der Waals surface area contributed by atoms with Crippen molar-refractivity contribution in [2.75, 3.05) is 12.1 Å². The molecule has 0 saturated carbocycles. The predicted octanol–water partition coefficient (Wildman–Crippen LogP) is 2.89. The van der Waals surface area contributed by atoms with E-state index in [1.54, 1.807) is 35.7 Å². The molecule has 0 aliphatic rings. The number of rotatable bonds is 2. The lowest BCUT2D eigenvalue weighted by Gasteiger charge is -2.14. The fraction of sp³-hybridized carbons (Fsp3) is 0.167. The summed E-state index contributed by atoms with van der Waals surface area (Å²) in [5.74, 6) is 5.91. The van der Waals surface area contributed by atoms with Crippen molar-refractivity contribution >= 4 is 27.2 Å². The first-order valence-corrected chi connectivity index (χ1v) is 8.60. The monoisotopic (exact) mass is 353 g/mol. The number of benzene rings is 1. The molecule has 0 amide bonds. The van der Waals surface area contributed by atoms with Crippen molar-refractivity contribution in [3.8, 4) is 5.69 Å². The maximum atomic E-state index is 13.1. The Morgan fingerprint density at radius 1 is 1.16 bits per heavy atom. The number of nitrogens with zero attached hydrogens (tertiary/aromatic N) is 4. The number of hydrogen-bond acceptors (Lipinski definition) is 6. The summed E-state index contributed by atoms with van der Waals surface area (Å²) in [7, 11) is 1.74. The van der Waals surface area contributed by atoms with Gasteiger partial charge in [-0.25, -0.2) is 10.8 Å². The van der Waals surface area contributed by atoms with Gasteiger partial charge in [-0.2, -0.15) is 0 Å². The van der Waals surface area contributed by atoms with Gasteiger partial charge in [-0.05, 0) is 32.0 Å². The molecule has 2 heterocycles. The average Bonchev–Trinajstić information content (AvgIpc) is 2.66. The van der Waals surface area contributed by atoms with E-state index in [9.17, 15) is 4.79 Å². The molecule has 0 aliphatic heterocycles. The van der Waals surface area contributed by atoms with Gasteiger partial charge in [-0.1, -0.05) is 17.7 Å². The highest BCUT2D eigenvalue weighted by Gasteiger charge is 2.10. The van der Waals surface area contributed by atoms with E-state index in [0.717, 1.165) is 22.5 Å². The molecule has 0 unspecified atom stereocenters. The number of aryl methyl sites for hydroxylation is 2. The van der Waals surface area contributed by atoms with Crippen LogP contribution >= 0.6 is 11.3 Å². The second-order valence-corrected chi connectivity index (χ2v) is 6.60. The second kappa shape index (κ2) is 7.00. The standard InChI is InChI=1S/C18H19N5OS/c1-12-4-6-14(7-5-12)23-10-21-16-13(2)15(22(3)19)8-9-20-11-25-17(16)18(23)24/h4-11H,19H2,1-3H3. The van der Waals surface area contributed by atoms with Crippen LogP contribution in [-0.2, 0) is 0 Å². The van der Waals surface area contributed by atoms with Gasteiger partial charge in [0.05, 0.1) is 22.4 Å². The van der Waals surface area contributed by atoms with Crippen LogP contribution in [0.15, 0.2) is 53.2 Å². The lowest BCUT2D eigenvalue weighted by atomic mass is 10.2. The number of fused-ring (bicyclic) bond motifs is 1. The van der Waals surface area contributed by atoms with Gasteiger partial charge in [-0.3, -0.25) is 14.3 Å². The molecule has 7 heteroatoms. The van der Waals surface area contributed by atoms with Crippen molar-refractivity contribution in [1.29, 1.82) is 0 Å². The molecule has 0 saturated heterocycles. The highest BCUT2D eigenvalue weighted by molar-refractivity contribution is 7.16. The lowest BCUT2D eigenvalue weighted by molar-refractivity contribution is 0.962. The Hall–Kier alpha value is -2.77. The quantitative estimate of drug-likeness (QED) is 0.566. The molecule has 0 fully saturated rings. The van der Waals surface area contributed by atoms with Crippen molar-refractivity contribution in [3.05, 3.63) is 69.8 Å². The van der Waals surface area contributed by atoms with E-state index < -0.39 is 0 Å². The van der Waals surface area contributed by atoms with E-state index in [4.69, 9.17) is 5.84 Å². The van der Waals surface area contributed by atoms with E-state index in [1.165, 1.54) is 16.3 Å². The van der Waals surface area contributed by atoms with Crippen LogP contribution in [0.5, 0.6) is 0 Å². The minimum absolute atomic E-state index is 0.134. The topological polar surface area (TPSA) is 77.0 Å². The summed E-state index contributed by atoms with van der Waals surface area (Å²) in [5.41, 5.74) is 5.59. The fourth-order valence-electron chi connectivity index (χ4n) is 2.56. The van der Waals surface area contributed by atoms with Crippen molar-refractivity contribution in [1.82, 2.24) is 14.5 Å². The number of hydrogen-bond donors (Lipinski definition) is 1. The molecule has 2 aromatic heterocycles. The Bertz CT molecular complexity index is 1020. The van der Waals surface area contributed by atoms with Crippen LogP contribution in [0, 0.1) is 13.8 Å². The normalized spacial score (nSPS) is 10.6. The first-order chi connectivity index (χ1) is 12.0. The van der Waals surface area contributed by atoms with E-state index in [2.05, 4.69) is 9.97 Å². The molecule has 3 aromatic rings. The number of anilines is 1. The molecule has 0 radical (unpaired) electrons. The summed E-state index contributed by atoms with van der Waals surface area (Å²) in [5, 5.41) is 1.49. The molecule has 25 heavy (non-hydrogen) atoms. The zero-order chi connectivity index (χ0) is 18.0. The van der Waals surface area contributed by atoms with Crippen LogP contribution < -0.4 is 16.4 Å². The molecule has 3 rings (SSSR count). The third-order valence-electron chi connectivity index (χ3n) is 3.91. The minimum atomic E-state index is -0.134. The Kier molecular flexibility index (Phi) is 4.78. The second-order valence-electron chi connectivity index (χ2n) is 5.74. The Balaban J connectivity index is 2.38. The molecule has 0 atom stereocenters. The first kappa shape index (κ1) is 17.1. The fourth-order valence-corrected chi connectivity index (χ4v) is 3.31. The summed E-state index contributed by atoms with van der Waals surface area (Å²) in [6.45, 7) is 3.91. The van der Waals surface area contributed by atoms with Gasteiger partial charge < -0.3 is 5.01 Å². The zero-order valence-corrected chi connectivity index (χ0v) is 15.1. The van der Waals surface area contributed by atoms with Crippen LogP contribution in [0.3, 0.4) is 0 Å². The molecular formula is C18H19N5OS. The highest BCUT2D eigenvalue weighted by Crippen LogP contribution is 2.21. The van der Waals surface area contributed by atoms with Crippen LogP contribution in [0.2, 0.25) is 0 Å². The smallest absolute Gasteiger partial charge is 0.275 e. The molecule has 1 aromatic carbocycles. The maximum absolute atomic E-state index is 13.1. The van der Waals surface area contributed by atoms with Gasteiger partial charge in [0.25, 0.3) is 5.56 Å². The van der Waals surface area contributed by atoms with E-state index in [-0.39, 0.29) is 5.56 Å². The van der Waals surface area contributed by atoms with Gasteiger partial charge in [0.1, 0.15) is 11.0 Å². The summed E-state index contributed by atoms with van der Waals surface area (Å²) in [6, 6.07) is 9.54. The number of nitrogens with two attached hydrogens (primary N) is 1. The van der Waals surface area contributed by atoms with E-state index in [1.807, 2.05) is 38.1 Å². The lowest BCUT2D eigenvalue weighted by Crippen LogP contribution is -2.25. The minimum Gasteiger partial charge on any atom is -0.314 e. The third-order valence-corrected chi connectivity index (χ3v) is 4.74. The third kappa shape index (κ3) is 3.38. The molecule has 0 bridgehead atoms. The Labute approximate surface area is 149 Å². The van der Waals surface area contributed by atoms with Crippen molar-refractivity contribution < 1.29 is 0 Å². The maximum Gasteiger partial charge on any atom is 0.275 e. The average molecular weight is 353 g/mol. The van der Waals surface area contributed by atoms with Crippen molar-refractivity contribution in [2.24, 2.45) is 5.84 Å². The number of hydrazine groups is 1. The van der Waals surface area contributed by atoms with Crippen LogP contribution in [-0.4, -0.2) is 21.6 Å². The zero-order valence-electron chi connectivity index (χ0n) is 14.3. The van der Waals surface area contributed by atoms with Gasteiger partial charge in [0.2, 0.25) is 0 Å². The SMILES string of the molecule is Cc1ccc(-n2cnc3c(C)c(N(C)N)ccncsc3c2=O)cc1. The van der Waals surface area contributed by atoms with E-state index >= 15 is 0 Å². The summed E-state index contributed by atoms with van der Waals surface area (Å²) in [4.78, 5) is 21.8. The molecule has 6 nitrogen and oxygen atoms in total. The number of aromatic nitrogens is 3. The molecule has 0 aliphatic carbocycles. The van der Waals surface area contributed by atoms with Crippen LogP contribution in [0.4, 0.5) is 5.69 Å². The van der Waals surface area contributed by atoms with Crippen molar-refractivity contribution in [3.63, 3.8) is 0 Å². The molecule has 128 valence electrons. The van der Waals surface area contributed by atoms with Crippen LogP contribution in [0.1, 0.15) is 11.1 Å². The Morgan fingerprint density at radius 3 is 2.56 bits per heavy atom. The van der Waals surface area contributed by atoms with Gasteiger partial charge >= 0.3 is 0 Å². The van der Waals surface area contributed by atoms with E-state index in [0.29, 0.717) is 10.2 Å². The molecule has 0 spiro atoms. The first-order valence-electron chi connectivity index (χ1n) is 7.72. The summed E-state index contributed by atoms with van der Waals surface area (Å²) < 4.78 is 2.07. The van der Waals surface area contributed by atoms with Crippen molar-refractivity contribution in [2.45, 2.75) is 13.8 Å². The largest absolute Gasteiger partial charge is 0.314 e. The van der Waals surface area contributed by atoms with Gasteiger partial charge in [0, 0.05) is 18.8 Å². The van der Waals surface area contributed by atoms with Gasteiger partial charge in [0.15, 0.2) is 0 Å². The summed E-state index contributed by atoms with van der Waals surface area (Å²) >= 11 is 1.26. The molecule has 2 N–H and O–H groups in total. The molecular weight excluding hydrogens is 334 g/mol. The predicted molar refractivity (Wildman–Crippen MR) is 103 cm³/mol. The van der Waals surface area contributed by atoms with Gasteiger partial charge in [-0.15, -0.1) is 11.3 Å².